The first kappa shape index (κ1) is 11.7. The van der Waals surface area contributed by atoms with Crippen LogP contribution in [0.2, 0.25) is 0 Å². The van der Waals surface area contributed by atoms with Gasteiger partial charge in [-0.2, -0.15) is 5.10 Å². The van der Waals surface area contributed by atoms with E-state index in [1.54, 1.807) is 6.20 Å². The summed E-state index contributed by atoms with van der Waals surface area (Å²) in [6.45, 7) is 1.26. The Bertz CT molecular complexity index is 828. The molecule has 2 aromatic heterocycles. The minimum Gasteiger partial charge on any atom is -0.450 e. The van der Waals surface area contributed by atoms with E-state index >= 15 is 0 Å². The third kappa shape index (κ3) is 1.74. The molecule has 5 heteroatoms. The molecule has 0 saturated carbocycles. The van der Waals surface area contributed by atoms with Crippen LogP contribution in [0, 0.1) is 0 Å². The molecular formula is C15H14N2O3. The predicted octanol–water partition coefficient (Wildman–Crippen LogP) is 2.32. The van der Waals surface area contributed by atoms with Gasteiger partial charge in [-0.15, -0.1) is 0 Å². The van der Waals surface area contributed by atoms with Crippen molar-refractivity contribution < 1.29 is 9.15 Å². The van der Waals surface area contributed by atoms with Crippen molar-refractivity contribution in [1.82, 2.24) is 9.78 Å². The van der Waals surface area contributed by atoms with E-state index in [0.29, 0.717) is 12.1 Å². The Morgan fingerprint density at radius 3 is 3.05 bits per heavy atom. The summed E-state index contributed by atoms with van der Waals surface area (Å²) in [5, 5.41) is 5.96. The monoisotopic (exact) mass is 270 g/mol. The van der Waals surface area contributed by atoms with Crippen LogP contribution in [0.25, 0.3) is 21.9 Å². The van der Waals surface area contributed by atoms with Crippen LogP contribution in [-0.2, 0) is 11.3 Å². The Morgan fingerprint density at radius 1 is 1.30 bits per heavy atom. The Morgan fingerprint density at radius 2 is 2.20 bits per heavy atom. The molecule has 0 spiro atoms. The van der Waals surface area contributed by atoms with Crippen molar-refractivity contribution in [2.24, 2.45) is 0 Å². The third-order valence-corrected chi connectivity index (χ3v) is 3.79. The van der Waals surface area contributed by atoms with Gasteiger partial charge in [-0.1, -0.05) is 18.2 Å². The van der Waals surface area contributed by atoms with Crippen LogP contribution >= 0.6 is 0 Å². The van der Waals surface area contributed by atoms with Crippen LogP contribution < -0.4 is 5.56 Å². The van der Waals surface area contributed by atoms with Crippen LogP contribution in [0.3, 0.4) is 0 Å². The molecule has 3 heterocycles. The number of hydrogen-bond donors (Lipinski definition) is 0. The summed E-state index contributed by atoms with van der Waals surface area (Å²) >= 11 is 0. The van der Waals surface area contributed by atoms with Crippen molar-refractivity contribution in [3.8, 4) is 0 Å². The topological polar surface area (TPSA) is 57.3 Å². The zero-order valence-corrected chi connectivity index (χ0v) is 10.9. The van der Waals surface area contributed by atoms with Crippen molar-refractivity contribution in [3.05, 3.63) is 40.8 Å². The minimum atomic E-state index is -0.186. The average molecular weight is 270 g/mol. The van der Waals surface area contributed by atoms with Crippen molar-refractivity contribution in [1.29, 1.82) is 0 Å². The first-order chi connectivity index (χ1) is 9.83. The summed E-state index contributed by atoms with van der Waals surface area (Å²) in [6, 6.07) is 7.62. The number of aromatic nitrogens is 2. The van der Waals surface area contributed by atoms with Gasteiger partial charge in [0.05, 0.1) is 24.2 Å². The summed E-state index contributed by atoms with van der Waals surface area (Å²) < 4.78 is 12.7. The van der Waals surface area contributed by atoms with E-state index in [1.165, 1.54) is 4.68 Å². The zero-order chi connectivity index (χ0) is 13.5. The molecule has 1 aromatic carbocycles. The molecule has 5 nitrogen and oxygen atoms in total. The quantitative estimate of drug-likeness (QED) is 0.717. The van der Waals surface area contributed by atoms with E-state index in [4.69, 9.17) is 9.15 Å². The highest BCUT2D eigenvalue weighted by atomic mass is 16.5. The Hall–Kier alpha value is -2.14. The van der Waals surface area contributed by atoms with Crippen LogP contribution in [0.4, 0.5) is 0 Å². The summed E-state index contributed by atoms with van der Waals surface area (Å²) in [6.07, 6.45) is 3.82. The lowest BCUT2D eigenvalue weighted by molar-refractivity contribution is 0.0928. The molecule has 20 heavy (non-hydrogen) atoms. The second-order valence-electron chi connectivity index (χ2n) is 5.11. The fourth-order valence-corrected chi connectivity index (χ4v) is 2.76. The smallest absolute Gasteiger partial charge is 0.310 e. The number of hydrogen-bond acceptors (Lipinski definition) is 4. The number of furan rings is 1. The number of benzene rings is 1. The molecule has 0 aliphatic carbocycles. The van der Waals surface area contributed by atoms with Crippen LogP contribution in [-0.4, -0.2) is 22.5 Å². The second kappa shape index (κ2) is 4.45. The lowest BCUT2D eigenvalue weighted by Crippen LogP contribution is -2.28. The van der Waals surface area contributed by atoms with Gasteiger partial charge in [-0.25, -0.2) is 4.68 Å². The average Bonchev–Trinajstić information content (AvgIpc) is 3.09. The summed E-state index contributed by atoms with van der Waals surface area (Å²) in [7, 11) is 0. The number of nitrogens with zero attached hydrogens (tertiary/aromatic N) is 2. The molecule has 0 bridgehead atoms. The van der Waals surface area contributed by atoms with Gasteiger partial charge in [0.1, 0.15) is 5.58 Å². The SMILES string of the molecule is O=c1c2oc3ccccc3c2cnn1CC1CCCO1. The van der Waals surface area contributed by atoms with Crippen molar-refractivity contribution in [2.45, 2.75) is 25.5 Å². The van der Waals surface area contributed by atoms with Crippen molar-refractivity contribution in [3.63, 3.8) is 0 Å². The van der Waals surface area contributed by atoms with Gasteiger partial charge in [-0.3, -0.25) is 4.79 Å². The zero-order valence-electron chi connectivity index (χ0n) is 10.9. The highest BCUT2D eigenvalue weighted by molar-refractivity contribution is 6.03. The van der Waals surface area contributed by atoms with E-state index in [0.717, 1.165) is 35.8 Å². The fraction of sp³-hybridized carbons (Fsp3) is 0.333. The molecule has 1 unspecified atom stereocenters. The van der Waals surface area contributed by atoms with Crippen molar-refractivity contribution >= 4 is 21.9 Å². The molecule has 1 aliphatic rings. The Kier molecular flexibility index (Phi) is 2.60. The molecule has 1 saturated heterocycles. The lowest BCUT2D eigenvalue weighted by atomic mass is 10.2. The Labute approximate surface area is 114 Å². The van der Waals surface area contributed by atoms with Crippen LogP contribution in [0.15, 0.2) is 39.7 Å². The van der Waals surface area contributed by atoms with Gasteiger partial charge in [0.25, 0.3) is 0 Å². The maximum Gasteiger partial charge on any atom is 0.310 e. The van der Waals surface area contributed by atoms with E-state index in [1.807, 2.05) is 24.3 Å². The standard InChI is InChI=1S/C15H14N2O3/c18-15-14-12(11-5-1-2-6-13(11)20-14)8-16-17(15)9-10-4-3-7-19-10/h1-2,5-6,8,10H,3-4,7,9H2. The molecule has 0 amide bonds. The molecular weight excluding hydrogens is 256 g/mol. The van der Waals surface area contributed by atoms with E-state index in [9.17, 15) is 4.79 Å². The van der Waals surface area contributed by atoms with Gasteiger partial charge in [0.15, 0.2) is 0 Å². The molecule has 0 N–H and O–H groups in total. The summed E-state index contributed by atoms with van der Waals surface area (Å²) in [5.74, 6) is 0. The predicted molar refractivity (Wildman–Crippen MR) is 74.7 cm³/mol. The van der Waals surface area contributed by atoms with Gasteiger partial charge in [0, 0.05) is 12.0 Å². The minimum absolute atomic E-state index is 0.0852. The molecule has 1 atom stereocenters. The van der Waals surface area contributed by atoms with E-state index in [-0.39, 0.29) is 11.7 Å². The number of fused-ring (bicyclic) bond motifs is 3. The molecule has 3 aromatic rings. The summed E-state index contributed by atoms with van der Waals surface area (Å²) in [4.78, 5) is 12.4. The molecule has 0 radical (unpaired) electrons. The molecule has 1 aliphatic heterocycles. The van der Waals surface area contributed by atoms with Crippen LogP contribution in [0.1, 0.15) is 12.8 Å². The highest BCUT2D eigenvalue weighted by Gasteiger charge is 2.19. The normalized spacial score (nSPS) is 19.1. The number of rotatable bonds is 2. The van der Waals surface area contributed by atoms with Crippen molar-refractivity contribution in [2.75, 3.05) is 6.61 Å². The van der Waals surface area contributed by atoms with E-state index < -0.39 is 0 Å². The van der Waals surface area contributed by atoms with Gasteiger partial charge in [0.2, 0.25) is 5.58 Å². The van der Waals surface area contributed by atoms with Gasteiger partial charge in [-0.05, 0) is 18.9 Å². The highest BCUT2D eigenvalue weighted by Crippen LogP contribution is 2.25. The summed E-state index contributed by atoms with van der Waals surface area (Å²) in [5.41, 5.74) is 0.907. The van der Waals surface area contributed by atoms with E-state index in [2.05, 4.69) is 5.10 Å². The first-order valence-corrected chi connectivity index (χ1v) is 6.82. The largest absolute Gasteiger partial charge is 0.450 e. The molecule has 4 rings (SSSR count). The molecule has 102 valence electrons. The van der Waals surface area contributed by atoms with Crippen LogP contribution in [0.5, 0.6) is 0 Å². The third-order valence-electron chi connectivity index (χ3n) is 3.79. The first-order valence-electron chi connectivity index (χ1n) is 6.82. The van der Waals surface area contributed by atoms with Gasteiger partial charge < -0.3 is 9.15 Å². The maximum atomic E-state index is 12.4. The lowest BCUT2D eigenvalue weighted by Gasteiger charge is -2.09. The second-order valence-corrected chi connectivity index (χ2v) is 5.11. The van der Waals surface area contributed by atoms with Gasteiger partial charge >= 0.3 is 5.56 Å². The fourth-order valence-electron chi connectivity index (χ4n) is 2.76. The number of ether oxygens (including phenoxy) is 1. The molecule has 1 fully saturated rings. The maximum absolute atomic E-state index is 12.4. The number of para-hydroxylation sites is 1. The Balaban J connectivity index is 1.85.